The third-order valence-corrected chi connectivity index (χ3v) is 3.66. The highest BCUT2D eigenvalue weighted by Crippen LogP contribution is 2.26. The van der Waals surface area contributed by atoms with Gasteiger partial charge in [-0.3, -0.25) is 4.79 Å². The molecule has 2 nitrogen and oxygen atoms in total. The maximum Gasteiger partial charge on any atom is 0.188 e. The summed E-state index contributed by atoms with van der Waals surface area (Å²) in [7, 11) is 0. The second-order valence-electron chi connectivity index (χ2n) is 4.85. The maximum absolute atomic E-state index is 12.3. The Morgan fingerprint density at radius 3 is 2.94 bits per heavy atom. The fourth-order valence-electron chi connectivity index (χ4n) is 2.66. The van der Waals surface area contributed by atoms with E-state index in [9.17, 15) is 4.79 Å². The van der Waals surface area contributed by atoms with Crippen molar-refractivity contribution >= 4 is 11.5 Å². The van der Waals surface area contributed by atoms with Crippen LogP contribution in [-0.2, 0) is 6.42 Å². The molecule has 0 bridgehead atoms. The molecule has 0 spiro atoms. The van der Waals surface area contributed by atoms with Gasteiger partial charge in [0.1, 0.15) is 0 Å². The second kappa shape index (κ2) is 4.36. The van der Waals surface area contributed by atoms with Gasteiger partial charge in [-0.1, -0.05) is 18.2 Å². The number of fused-ring (bicyclic) bond motifs is 1. The number of carbonyl (C=O) groups is 1. The zero-order valence-corrected chi connectivity index (χ0v) is 9.96. The summed E-state index contributed by atoms with van der Waals surface area (Å²) in [6.07, 6.45) is 7.58. The molecule has 1 aliphatic heterocycles. The van der Waals surface area contributed by atoms with Gasteiger partial charge in [0.2, 0.25) is 0 Å². The monoisotopic (exact) mass is 227 g/mol. The lowest BCUT2D eigenvalue weighted by molar-refractivity contribution is 0.102. The Hall–Kier alpha value is -1.57. The third-order valence-electron chi connectivity index (χ3n) is 3.66. The molecule has 1 aromatic carbocycles. The SMILES string of the molecule is O=C(C1=CCCCC1)c1ccc2c(c1)NCC2. The highest BCUT2D eigenvalue weighted by molar-refractivity contribution is 6.09. The predicted octanol–water partition coefficient (Wildman–Crippen LogP) is 3.34. The Labute approximate surface area is 102 Å². The topological polar surface area (TPSA) is 29.1 Å². The zero-order chi connectivity index (χ0) is 11.7. The van der Waals surface area contributed by atoms with Gasteiger partial charge in [0.15, 0.2) is 5.78 Å². The molecule has 0 amide bonds. The average molecular weight is 227 g/mol. The highest BCUT2D eigenvalue weighted by atomic mass is 16.1. The van der Waals surface area contributed by atoms with E-state index in [0.29, 0.717) is 0 Å². The first-order chi connectivity index (χ1) is 8.34. The Morgan fingerprint density at radius 1 is 1.18 bits per heavy atom. The summed E-state index contributed by atoms with van der Waals surface area (Å²) in [5, 5.41) is 3.33. The average Bonchev–Trinajstić information content (AvgIpc) is 2.86. The summed E-state index contributed by atoms with van der Waals surface area (Å²) in [6.45, 7) is 0.996. The summed E-state index contributed by atoms with van der Waals surface area (Å²) in [6, 6.07) is 6.08. The number of Topliss-reactive ketones (excluding diaryl/α,β-unsaturated/α-hetero) is 1. The molecule has 0 radical (unpaired) electrons. The van der Waals surface area contributed by atoms with Crippen molar-refractivity contribution in [1.82, 2.24) is 0 Å². The molecule has 0 aromatic heterocycles. The van der Waals surface area contributed by atoms with Gasteiger partial charge in [-0.05, 0) is 49.3 Å². The molecule has 88 valence electrons. The molecule has 1 aliphatic carbocycles. The lowest BCUT2D eigenvalue weighted by Gasteiger charge is -2.12. The molecule has 0 atom stereocenters. The van der Waals surface area contributed by atoms with E-state index in [1.807, 2.05) is 12.1 Å². The van der Waals surface area contributed by atoms with Crippen molar-refractivity contribution < 1.29 is 4.79 Å². The van der Waals surface area contributed by atoms with Crippen LogP contribution in [0, 0.1) is 0 Å². The standard InChI is InChI=1S/C15H17NO/c17-15(12-4-2-1-3-5-12)13-7-6-11-8-9-16-14(11)10-13/h4,6-7,10,16H,1-3,5,8-9H2. The van der Waals surface area contributed by atoms with Crippen LogP contribution >= 0.6 is 0 Å². The van der Waals surface area contributed by atoms with Crippen LogP contribution in [0.15, 0.2) is 29.8 Å². The van der Waals surface area contributed by atoms with Gasteiger partial charge in [-0.2, -0.15) is 0 Å². The van der Waals surface area contributed by atoms with Crippen molar-refractivity contribution in [2.45, 2.75) is 32.1 Å². The number of hydrogen-bond acceptors (Lipinski definition) is 2. The minimum absolute atomic E-state index is 0.223. The minimum Gasteiger partial charge on any atom is -0.384 e. The van der Waals surface area contributed by atoms with Crippen LogP contribution in [0.3, 0.4) is 0 Å². The quantitative estimate of drug-likeness (QED) is 0.785. The molecule has 3 rings (SSSR count). The Balaban J connectivity index is 1.88. The summed E-state index contributed by atoms with van der Waals surface area (Å²) in [5.74, 6) is 0.223. The van der Waals surface area contributed by atoms with Crippen molar-refractivity contribution in [3.63, 3.8) is 0 Å². The predicted molar refractivity (Wildman–Crippen MR) is 69.5 cm³/mol. The number of benzene rings is 1. The van der Waals surface area contributed by atoms with E-state index in [1.54, 1.807) is 0 Å². The molecule has 0 saturated carbocycles. The largest absolute Gasteiger partial charge is 0.384 e. The lowest BCUT2D eigenvalue weighted by Crippen LogP contribution is -2.06. The molecule has 1 N–H and O–H groups in total. The fraction of sp³-hybridized carbons (Fsp3) is 0.400. The third kappa shape index (κ3) is 1.99. The van der Waals surface area contributed by atoms with Crippen LogP contribution < -0.4 is 5.32 Å². The molecule has 0 unspecified atom stereocenters. The number of carbonyl (C=O) groups excluding carboxylic acids is 1. The van der Waals surface area contributed by atoms with Crippen molar-refractivity contribution in [1.29, 1.82) is 0 Å². The van der Waals surface area contributed by atoms with Crippen LogP contribution in [0.2, 0.25) is 0 Å². The van der Waals surface area contributed by atoms with Crippen LogP contribution in [0.25, 0.3) is 0 Å². The second-order valence-corrected chi connectivity index (χ2v) is 4.85. The van der Waals surface area contributed by atoms with Crippen LogP contribution in [-0.4, -0.2) is 12.3 Å². The molecule has 0 saturated heterocycles. The van der Waals surface area contributed by atoms with E-state index >= 15 is 0 Å². The van der Waals surface area contributed by atoms with E-state index in [1.165, 1.54) is 12.0 Å². The Morgan fingerprint density at radius 2 is 2.12 bits per heavy atom. The molecule has 2 heteroatoms. The Kier molecular flexibility index (Phi) is 2.71. The molecule has 17 heavy (non-hydrogen) atoms. The van der Waals surface area contributed by atoms with Crippen LogP contribution in [0.5, 0.6) is 0 Å². The van der Waals surface area contributed by atoms with Gasteiger partial charge in [0, 0.05) is 17.8 Å². The van der Waals surface area contributed by atoms with E-state index in [2.05, 4.69) is 17.5 Å². The van der Waals surface area contributed by atoms with E-state index in [0.717, 1.165) is 49.1 Å². The van der Waals surface area contributed by atoms with E-state index in [4.69, 9.17) is 0 Å². The smallest absolute Gasteiger partial charge is 0.188 e. The molecule has 0 fully saturated rings. The maximum atomic E-state index is 12.3. The summed E-state index contributed by atoms with van der Waals surface area (Å²) in [5.41, 5.74) is 4.33. The fourth-order valence-corrected chi connectivity index (χ4v) is 2.66. The van der Waals surface area contributed by atoms with Gasteiger partial charge < -0.3 is 5.32 Å². The highest BCUT2D eigenvalue weighted by Gasteiger charge is 2.17. The van der Waals surface area contributed by atoms with Crippen molar-refractivity contribution in [2.75, 3.05) is 11.9 Å². The number of hydrogen-bond donors (Lipinski definition) is 1. The number of nitrogens with one attached hydrogen (secondary N) is 1. The summed E-state index contributed by atoms with van der Waals surface area (Å²) < 4.78 is 0. The van der Waals surface area contributed by atoms with Gasteiger partial charge in [-0.15, -0.1) is 0 Å². The van der Waals surface area contributed by atoms with E-state index in [-0.39, 0.29) is 5.78 Å². The van der Waals surface area contributed by atoms with Gasteiger partial charge in [0.05, 0.1) is 0 Å². The number of allylic oxidation sites excluding steroid dienone is 2. The van der Waals surface area contributed by atoms with Gasteiger partial charge in [0.25, 0.3) is 0 Å². The molecule has 1 heterocycles. The van der Waals surface area contributed by atoms with E-state index < -0.39 is 0 Å². The van der Waals surface area contributed by atoms with Gasteiger partial charge in [-0.25, -0.2) is 0 Å². The molecular formula is C15H17NO. The van der Waals surface area contributed by atoms with Crippen molar-refractivity contribution in [2.24, 2.45) is 0 Å². The summed E-state index contributed by atoms with van der Waals surface area (Å²) in [4.78, 5) is 12.3. The Bertz CT molecular complexity index is 488. The zero-order valence-electron chi connectivity index (χ0n) is 9.96. The number of ketones is 1. The lowest BCUT2D eigenvalue weighted by atomic mass is 9.92. The van der Waals surface area contributed by atoms with Crippen molar-refractivity contribution in [3.05, 3.63) is 41.0 Å². The molecule has 2 aliphatic rings. The number of anilines is 1. The first-order valence-corrected chi connectivity index (χ1v) is 6.45. The minimum atomic E-state index is 0.223. The van der Waals surface area contributed by atoms with Gasteiger partial charge >= 0.3 is 0 Å². The number of rotatable bonds is 2. The van der Waals surface area contributed by atoms with Crippen molar-refractivity contribution in [3.8, 4) is 0 Å². The van der Waals surface area contributed by atoms with Crippen LogP contribution in [0.1, 0.15) is 41.6 Å². The normalized spacial score (nSPS) is 18.2. The molecule has 1 aromatic rings. The first-order valence-electron chi connectivity index (χ1n) is 6.45. The first kappa shape index (κ1) is 10.6. The van der Waals surface area contributed by atoms with Crippen LogP contribution in [0.4, 0.5) is 5.69 Å². The molecular weight excluding hydrogens is 210 g/mol. The summed E-state index contributed by atoms with van der Waals surface area (Å²) >= 11 is 0.